The first kappa shape index (κ1) is 36.1. The van der Waals surface area contributed by atoms with E-state index in [0.717, 1.165) is 29.5 Å². The maximum atomic E-state index is 13.7. The maximum Gasteiger partial charge on any atom is 0.338 e. The van der Waals surface area contributed by atoms with Crippen LogP contribution in [0.5, 0.6) is 17.2 Å². The molecule has 3 aromatic rings. The number of carbonyl (C=O) groups is 2. The Balaban J connectivity index is 1.69. The molecule has 0 radical (unpaired) electrons. The number of hydrogen-bond donors (Lipinski definition) is 0. The Morgan fingerprint density at radius 2 is 1.68 bits per heavy atom. The van der Waals surface area contributed by atoms with E-state index in [1.165, 1.54) is 32.4 Å². The zero-order valence-corrected chi connectivity index (χ0v) is 28.8. The second kappa shape index (κ2) is 15.4. The number of aromatic nitrogens is 1. The molecule has 1 saturated carbocycles. The van der Waals surface area contributed by atoms with Crippen LogP contribution in [0, 0.1) is 11.1 Å². The largest absolute Gasteiger partial charge is 0.755 e. The van der Waals surface area contributed by atoms with Crippen LogP contribution in [0.4, 0.5) is 5.69 Å². The average Bonchev–Trinajstić information content (AvgIpc) is 3.83. The van der Waals surface area contributed by atoms with Crippen molar-refractivity contribution in [3.05, 3.63) is 80.7 Å². The lowest BCUT2D eigenvalue weighted by Gasteiger charge is -2.29. The molecule has 1 fully saturated rings. The molecule has 1 heterocycles. The van der Waals surface area contributed by atoms with E-state index in [1.807, 2.05) is 0 Å². The van der Waals surface area contributed by atoms with Crippen molar-refractivity contribution in [1.29, 1.82) is 0 Å². The molecule has 0 aliphatic heterocycles. The summed E-state index contributed by atoms with van der Waals surface area (Å²) in [5, 5.41) is 12.0. The fraction of sp³-hybridized carbons (Fsp3) is 0.406. The summed E-state index contributed by atoms with van der Waals surface area (Å²) < 4.78 is 53.9. The van der Waals surface area contributed by atoms with E-state index in [-0.39, 0.29) is 46.0 Å². The van der Waals surface area contributed by atoms with Crippen LogP contribution >= 0.6 is 23.2 Å². The van der Waals surface area contributed by atoms with Crippen LogP contribution in [-0.2, 0) is 32.0 Å². The van der Waals surface area contributed by atoms with Crippen molar-refractivity contribution in [3.8, 4) is 17.2 Å². The normalized spacial score (nSPS) is 14.1. The Morgan fingerprint density at radius 1 is 1.02 bits per heavy atom. The standard InChI is InChI=1S/C32H36Cl2N2O10S/c1-32(2,3)46-30(37)17-36(47(40)41)25-10-8-21(13-28(25)44-18-19-6-7-19)31(38)45-27(14-22-23(33)15-35(39)16-24(22)34)20-9-11-26(42-4)29(12-20)43-5/h8-13,15-16,19,27H,6-7,14,17-18H2,1-5H3,(H,40,41)/p-1/t27-/m0/s1. The molecule has 2 aromatic carbocycles. The predicted molar refractivity (Wildman–Crippen MR) is 174 cm³/mol. The lowest BCUT2D eigenvalue weighted by molar-refractivity contribution is -0.605. The summed E-state index contributed by atoms with van der Waals surface area (Å²) >= 11 is 9.84. The minimum Gasteiger partial charge on any atom is -0.755 e. The lowest BCUT2D eigenvalue weighted by Crippen LogP contribution is -2.36. The first-order valence-electron chi connectivity index (χ1n) is 14.5. The number of esters is 2. The van der Waals surface area contributed by atoms with Gasteiger partial charge in [0.25, 0.3) is 0 Å². The number of pyridine rings is 1. The van der Waals surface area contributed by atoms with Gasteiger partial charge < -0.3 is 33.4 Å². The average molecular weight is 711 g/mol. The second-order valence-corrected chi connectivity index (χ2v) is 13.5. The van der Waals surface area contributed by atoms with Crippen molar-refractivity contribution in [2.75, 3.05) is 31.7 Å². The Bertz CT molecular complexity index is 1620. The first-order chi connectivity index (χ1) is 22.2. The topological polar surface area (TPSA) is 151 Å². The zero-order chi connectivity index (χ0) is 34.5. The quantitative estimate of drug-likeness (QED) is 0.0906. The van der Waals surface area contributed by atoms with Gasteiger partial charge >= 0.3 is 11.9 Å². The molecule has 0 bridgehead atoms. The molecular formula is C32H35Cl2N2O10S-. The number of rotatable bonds is 14. The number of halogens is 2. The first-order valence-corrected chi connectivity index (χ1v) is 16.3. The number of methoxy groups -OCH3 is 2. The minimum absolute atomic E-state index is 0.0122. The van der Waals surface area contributed by atoms with E-state index >= 15 is 0 Å². The van der Waals surface area contributed by atoms with Crippen LogP contribution < -0.4 is 23.2 Å². The van der Waals surface area contributed by atoms with Crippen LogP contribution in [-0.4, -0.2) is 53.7 Å². The van der Waals surface area contributed by atoms with E-state index in [0.29, 0.717) is 27.4 Å². The highest BCUT2D eigenvalue weighted by molar-refractivity contribution is 7.80. The van der Waals surface area contributed by atoms with Gasteiger partial charge in [-0.15, -0.1) is 0 Å². The number of anilines is 1. The fourth-order valence-corrected chi connectivity index (χ4v) is 5.67. The molecule has 2 atom stereocenters. The van der Waals surface area contributed by atoms with Crippen molar-refractivity contribution in [3.63, 3.8) is 0 Å². The smallest absolute Gasteiger partial charge is 0.338 e. The number of ether oxygens (including phenoxy) is 5. The number of benzene rings is 2. The summed E-state index contributed by atoms with van der Waals surface area (Å²) in [6.07, 6.45) is 3.20. The van der Waals surface area contributed by atoms with Crippen LogP contribution in [0.25, 0.3) is 0 Å². The summed E-state index contributed by atoms with van der Waals surface area (Å²) in [5.41, 5.74) is 0.135. The molecule has 1 aliphatic rings. The second-order valence-electron chi connectivity index (χ2n) is 11.8. The van der Waals surface area contributed by atoms with E-state index in [9.17, 15) is 23.6 Å². The molecular weight excluding hydrogens is 675 g/mol. The fourth-order valence-electron chi connectivity index (χ4n) is 4.55. The Hall–Kier alpha value is -3.78. The molecule has 254 valence electrons. The number of carbonyl (C=O) groups excluding carboxylic acids is 2. The monoisotopic (exact) mass is 709 g/mol. The molecule has 0 saturated heterocycles. The van der Waals surface area contributed by atoms with Gasteiger partial charge in [-0.2, -0.15) is 4.73 Å². The Morgan fingerprint density at radius 3 is 2.26 bits per heavy atom. The molecule has 47 heavy (non-hydrogen) atoms. The Labute approximate surface area is 285 Å². The summed E-state index contributed by atoms with van der Waals surface area (Å²) in [7, 11) is 2.95. The highest BCUT2D eigenvalue weighted by Gasteiger charge is 2.28. The molecule has 1 aromatic heterocycles. The molecule has 1 aliphatic carbocycles. The SMILES string of the molecule is COc1ccc([C@H](Cc2c(Cl)c[n+]([O-])cc2Cl)OC(=O)c2ccc(N(CC(=O)OC(C)(C)C)S(=O)[O-])c(OCC3CC3)c2)cc1OC. The van der Waals surface area contributed by atoms with Gasteiger partial charge in [-0.25, -0.2) is 4.79 Å². The molecule has 15 heteroatoms. The zero-order valence-electron chi connectivity index (χ0n) is 26.5. The van der Waals surface area contributed by atoms with Gasteiger partial charge in [-0.3, -0.25) is 13.3 Å². The molecule has 1 unspecified atom stereocenters. The van der Waals surface area contributed by atoms with Crippen molar-refractivity contribution in [1.82, 2.24) is 0 Å². The summed E-state index contributed by atoms with van der Waals surface area (Å²) in [6, 6.07) is 9.07. The highest BCUT2D eigenvalue weighted by Crippen LogP contribution is 2.37. The molecule has 12 nitrogen and oxygen atoms in total. The third-order valence-corrected chi connectivity index (χ3v) is 8.32. The summed E-state index contributed by atoms with van der Waals surface area (Å²) in [6.45, 7) is 4.69. The molecule has 0 spiro atoms. The van der Waals surface area contributed by atoms with Gasteiger partial charge in [0.1, 0.15) is 34.0 Å². The van der Waals surface area contributed by atoms with E-state index < -0.39 is 41.5 Å². The van der Waals surface area contributed by atoms with Crippen molar-refractivity contribution < 1.29 is 46.8 Å². The highest BCUT2D eigenvalue weighted by atomic mass is 35.5. The minimum atomic E-state index is -2.88. The van der Waals surface area contributed by atoms with Gasteiger partial charge in [-0.1, -0.05) is 29.3 Å². The van der Waals surface area contributed by atoms with Crippen LogP contribution in [0.3, 0.4) is 0 Å². The van der Waals surface area contributed by atoms with Gasteiger partial charge in [-0.05, 0) is 75.4 Å². The van der Waals surface area contributed by atoms with E-state index in [1.54, 1.807) is 39.0 Å². The number of nitrogens with zero attached hydrogens (tertiary/aromatic N) is 2. The van der Waals surface area contributed by atoms with E-state index in [4.69, 9.17) is 46.9 Å². The molecule has 0 amide bonds. The van der Waals surface area contributed by atoms with Gasteiger partial charge in [0.05, 0.1) is 32.1 Å². The third kappa shape index (κ3) is 9.86. The van der Waals surface area contributed by atoms with Gasteiger partial charge in [0.2, 0.25) is 0 Å². The summed E-state index contributed by atoms with van der Waals surface area (Å²) in [4.78, 5) is 26.3. The van der Waals surface area contributed by atoms with Crippen molar-refractivity contribution >= 4 is 52.1 Å². The van der Waals surface area contributed by atoms with Crippen molar-refractivity contribution in [2.24, 2.45) is 5.92 Å². The van der Waals surface area contributed by atoms with Crippen molar-refractivity contribution in [2.45, 2.75) is 51.7 Å². The summed E-state index contributed by atoms with van der Waals surface area (Å²) in [5.74, 6) is -0.365. The lowest BCUT2D eigenvalue weighted by atomic mass is 10.0. The van der Waals surface area contributed by atoms with Gasteiger partial charge in [0.15, 0.2) is 23.9 Å². The Kier molecular flexibility index (Phi) is 11.8. The van der Waals surface area contributed by atoms with Crippen LogP contribution in [0.1, 0.15) is 61.2 Å². The molecule has 4 rings (SSSR count). The maximum absolute atomic E-state index is 13.7. The van der Waals surface area contributed by atoms with Crippen LogP contribution in [0.2, 0.25) is 10.0 Å². The predicted octanol–water partition coefficient (Wildman–Crippen LogP) is 5.52. The third-order valence-electron chi connectivity index (χ3n) is 6.98. The number of hydrogen-bond acceptors (Lipinski definition) is 10. The van der Waals surface area contributed by atoms with Gasteiger partial charge in [0, 0.05) is 23.3 Å². The molecule has 0 N–H and O–H groups in total. The van der Waals surface area contributed by atoms with Crippen LogP contribution in [0.15, 0.2) is 48.8 Å². The van der Waals surface area contributed by atoms with E-state index in [2.05, 4.69) is 0 Å².